The zero-order valence-electron chi connectivity index (χ0n) is 6.65. The molecule has 6 heteroatoms. The Balaban J connectivity index is 3.20. The van der Waals surface area contributed by atoms with Crippen LogP contribution in [0.3, 0.4) is 0 Å². The van der Waals surface area contributed by atoms with Gasteiger partial charge in [-0.15, -0.1) is 23.2 Å². The molecule has 78 valence electrons. The van der Waals surface area contributed by atoms with E-state index in [0.29, 0.717) is 5.02 Å². The summed E-state index contributed by atoms with van der Waals surface area (Å²) in [5, 5.41) is 10.4. The van der Waals surface area contributed by atoms with Crippen LogP contribution in [0.2, 0.25) is 15.1 Å². The quantitative estimate of drug-likeness (QED) is 0.797. The largest absolute Gasteiger partial charge is 0.385 e. The molecule has 1 rings (SSSR count). The lowest BCUT2D eigenvalue weighted by Crippen LogP contribution is -2.07. The molecular weight excluding hydrogens is 289 g/mol. The van der Waals surface area contributed by atoms with E-state index in [2.05, 4.69) is 0 Å². The average Bonchev–Trinajstić information content (AvgIpc) is 2.01. The highest BCUT2D eigenvalue weighted by Crippen LogP contribution is 2.36. The number of rotatable bonds is 2. The van der Waals surface area contributed by atoms with Gasteiger partial charge in [-0.1, -0.05) is 34.8 Å². The first kappa shape index (κ1) is 12.7. The smallest absolute Gasteiger partial charge is 0.137 e. The van der Waals surface area contributed by atoms with Crippen LogP contribution in [0, 0.1) is 0 Å². The average molecular weight is 294 g/mol. The monoisotopic (exact) mass is 292 g/mol. The Bertz CT molecular complexity index is 315. The maximum atomic E-state index is 9.57. The minimum absolute atomic E-state index is 0.237. The third kappa shape index (κ3) is 2.82. The van der Waals surface area contributed by atoms with Crippen molar-refractivity contribution in [2.75, 3.05) is 0 Å². The number of hydrogen-bond acceptors (Lipinski definition) is 1. The molecule has 1 N–H and O–H groups in total. The molecule has 0 saturated heterocycles. The van der Waals surface area contributed by atoms with E-state index in [1.165, 1.54) is 12.1 Å². The fourth-order valence-electron chi connectivity index (χ4n) is 0.962. The maximum Gasteiger partial charge on any atom is 0.137 e. The summed E-state index contributed by atoms with van der Waals surface area (Å²) in [4.78, 5) is -0.994. The second kappa shape index (κ2) is 5.11. The Hall–Kier alpha value is 0.630. The van der Waals surface area contributed by atoms with Gasteiger partial charge in [0.25, 0.3) is 0 Å². The van der Waals surface area contributed by atoms with Crippen molar-refractivity contribution in [3.05, 3.63) is 32.8 Å². The molecule has 0 aliphatic rings. The van der Waals surface area contributed by atoms with Crippen LogP contribution in [0.5, 0.6) is 0 Å². The van der Waals surface area contributed by atoms with Gasteiger partial charge in [0.15, 0.2) is 0 Å². The first-order chi connectivity index (χ1) is 6.43. The molecule has 0 aliphatic carbocycles. The van der Waals surface area contributed by atoms with E-state index in [1.807, 2.05) is 0 Å². The molecule has 0 saturated carbocycles. The lowest BCUT2D eigenvalue weighted by Gasteiger charge is -2.15. The summed E-state index contributed by atoms with van der Waals surface area (Å²) in [6.45, 7) is 0. The van der Waals surface area contributed by atoms with Gasteiger partial charge in [0.05, 0.1) is 0 Å². The topological polar surface area (TPSA) is 20.2 Å². The van der Waals surface area contributed by atoms with E-state index in [1.54, 1.807) is 0 Å². The van der Waals surface area contributed by atoms with Crippen molar-refractivity contribution >= 4 is 58.0 Å². The van der Waals surface area contributed by atoms with Crippen LogP contribution in [0.4, 0.5) is 0 Å². The van der Waals surface area contributed by atoms with Crippen molar-refractivity contribution < 1.29 is 5.11 Å². The number of aliphatic hydroxyl groups is 1. The van der Waals surface area contributed by atoms with Crippen molar-refractivity contribution in [1.82, 2.24) is 0 Å². The summed E-state index contributed by atoms with van der Waals surface area (Å²) in [7, 11) is 0. The minimum Gasteiger partial charge on any atom is -0.385 e. The van der Waals surface area contributed by atoms with Crippen molar-refractivity contribution in [1.29, 1.82) is 0 Å². The van der Waals surface area contributed by atoms with Gasteiger partial charge >= 0.3 is 0 Å². The summed E-state index contributed by atoms with van der Waals surface area (Å²) in [6.07, 6.45) is -1.13. The maximum absolute atomic E-state index is 9.57. The molecule has 1 aromatic rings. The highest BCUT2D eigenvalue weighted by atomic mass is 35.5. The van der Waals surface area contributed by atoms with Gasteiger partial charge in [-0.2, -0.15) is 0 Å². The number of alkyl halides is 2. The van der Waals surface area contributed by atoms with E-state index in [0.717, 1.165) is 0 Å². The van der Waals surface area contributed by atoms with Gasteiger partial charge in [-0.25, -0.2) is 0 Å². The van der Waals surface area contributed by atoms with Crippen LogP contribution in [0.15, 0.2) is 12.1 Å². The Kier molecular flexibility index (Phi) is 4.63. The van der Waals surface area contributed by atoms with Crippen LogP contribution >= 0.6 is 58.0 Å². The number of halogens is 5. The molecule has 1 aromatic carbocycles. The number of hydrogen-bond donors (Lipinski definition) is 1. The first-order valence-corrected chi connectivity index (χ1v) is 5.55. The van der Waals surface area contributed by atoms with Gasteiger partial charge in [0.2, 0.25) is 0 Å². The molecule has 0 aromatic heterocycles. The molecule has 0 heterocycles. The number of aliphatic hydroxyl groups excluding tert-OH is 1. The minimum atomic E-state index is -1.13. The fourth-order valence-corrected chi connectivity index (χ4v) is 2.25. The molecule has 1 unspecified atom stereocenters. The van der Waals surface area contributed by atoms with Crippen molar-refractivity contribution in [3.8, 4) is 0 Å². The van der Waals surface area contributed by atoms with Crippen LogP contribution in [0.1, 0.15) is 11.7 Å². The van der Waals surface area contributed by atoms with Crippen LogP contribution in [0.25, 0.3) is 0 Å². The molecule has 0 amide bonds. The molecule has 0 fully saturated rings. The van der Waals surface area contributed by atoms with E-state index < -0.39 is 10.9 Å². The zero-order chi connectivity index (χ0) is 10.9. The Morgan fingerprint density at radius 3 is 1.79 bits per heavy atom. The van der Waals surface area contributed by atoms with Gasteiger partial charge in [-0.05, 0) is 12.1 Å². The first-order valence-electron chi connectivity index (χ1n) is 3.54. The standard InChI is InChI=1S/C8H5Cl5O/c9-3-1-4(10)6(5(11)2-3)7(14)8(12)13/h1-2,7-8,14H. The predicted octanol–water partition coefficient (Wildman–Crippen LogP) is 4.48. The Labute approximate surface area is 106 Å². The van der Waals surface area contributed by atoms with E-state index in [-0.39, 0.29) is 15.6 Å². The normalized spacial score (nSPS) is 13.4. The van der Waals surface area contributed by atoms with Gasteiger partial charge in [-0.3, -0.25) is 0 Å². The van der Waals surface area contributed by atoms with Crippen molar-refractivity contribution in [2.24, 2.45) is 0 Å². The molecule has 1 atom stereocenters. The predicted molar refractivity (Wildman–Crippen MR) is 61.9 cm³/mol. The molecule has 0 radical (unpaired) electrons. The summed E-state index contributed by atoms with van der Waals surface area (Å²) in [5.74, 6) is 0. The van der Waals surface area contributed by atoms with E-state index in [4.69, 9.17) is 58.0 Å². The van der Waals surface area contributed by atoms with Crippen LogP contribution in [-0.2, 0) is 0 Å². The van der Waals surface area contributed by atoms with Crippen LogP contribution in [-0.4, -0.2) is 9.94 Å². The van der Waals surface area contributed by atoms with E-state index in [9.17, 15) is 5.11 Å². The summed E-state index contributed by atoms with van der Waals surface area (Å²) < 4.78 is 0. The third-order valence-corrected chi connectivity index (χ3v) is 2.90. The second-order valence-electron chi connectivity index (χ2n) is 2.56. The number of benzene rings is 1. The molecule has 14 heavy (non-hydrogen) atoms. The molecular formula is C8H5Cl5O. The lowest BCUT2D eigenvalue weighted by atomic mass is 10.1. The highest BCUT2D eigenvalue weighted by Gasteiger charge is 2.22. The van der Waals surface area contributed by atoms with Crippen molar-refractivity contribution in [2.45, 2.75) is 10.9 Å². The van der Waals surface area contributed by atoms with E-state index >= 15 is 0 Å². The Morgan fingerprint density at radius 1 is 1.00 bits per heavy atom. The van der Waals surface area contributed by atoms with Crippen LogP contribution < -0.4 is 0 Å². The zero-order valence-corrected chi connectivity index (χ0v) is 10.4. The highest BCUT2D eigenvalue weighted by molar-refractivity contribution is 6.45. The molecule has 0 aliphatic heterocycles. The fraction of sp³-hybridized carbons (Fsp3) is 0.250. The molecule has 1 nitrogen and oxygen atoms in total. The summed E-state index contributed by atoms with van der Waals surface area (Å²) in [6, 6.07) is 2.92. The summed E-state index contributed by atoms with van der Waals surface area (Å²) in [5.41, 5.74) is 0.285. The van der Waals surface area contributed by atoms with Gasteiger partial charge in [0.1, 0.15) is 10.9 Å². The summed E-state index contributed by atoms with van der Waals surface area (Å²) >= 11 is 28.4. The third-order valence-electron chi connectivity index (χ3n) is 1.58. The lowest BCUT2D eigenvalue weighted by molar-refractivity contribution is 0.193. The molecule has 0 spiro atoms. The second-order valence-corrected chi connectivity index (χ2v) is 4.98. The van der Waals surface area contributed by atoms with Gasteiger partial charge < -0.3 is 5.11 Å². The van der Waals surface area contributed by atoms with Crippen molar-refractivity contribution in [3.63, 3.8) is 0 Å². The molecule has 0 bridgehead atoms. The Morgan fingerprint density at radius 2 is 1.43 bits per heavy atom. The van der Waals surface area contributed by atoms with Gasteiger partial charge in [0, 0.05) is 20.6 Å². The SMILES string of the molecule is OC(c1c(Cl)cc(Cl)cc1Cl)C(Cl)Cl.